The van der Waals surface area contributed by atoms with Crippen molar-refractivity contribution in [3.8, 4) is 6.07 Å². The molecule has 1 aliphatic carbocycles. The molecule has 3 rings (SSSR count). The fourth-order valence-corrected chi connectivity index (χ4v) is 4.26. The van der Waals surface area contributed by atoms with Gasteiger partial charge in [0.25, 0.3) is 0 Å². The average molecular weight is 463 g/mol. The van der Waals surface area contributed by atoms with Gasteiger partial charge in [-0.3, -0.25) is 9.59 Å². The van der Waals surface area contributed by atoms with Crippen LogP contribution in [0.5, 0.6) is 0 Å². The van der Waals surface area contributed by atoms with E-state index in [0.717, 1.165) is 11.8 Å². The van der Waals surface area contributed by atoms with Gasteiger partial charge in [-0.2, -0.15) is 18.4 Å². The molecule has 10 heteroatoms. The Morgan fingerprint density at radius 2 is 1.79 bits per heavy atom. The van der Waals surface area contributed by atoms with E-state index in [9.17, 15) is 37.5 Å². The minimum absolute atomic E-state index is 0.0628. The lowest BCUT2D eigenvalue weighted by molar-refractivity contribution is -0.149. The minimum atomic E-state index is -4.75. The number of alkyl halides is 3. The van der Waals surface area contributed by atoms with E-state index < -0.39 is 58.8 Å². The number of nitrogens with one attached hydrogen (secondary N) is 2. The summed E-state index contributed by atoms with van der Waals surface area (Å²) in [6.45, 7) is 0. The van der Waals surface area contributed by atoms with E-state index in [2.05, 4.69) is 16.7 Å². The van der Waals surface area contributed by atoms with Gasteiger partial charge in [-0.15, -0.1) is 0 Å². The van der Waals surface area contributed by atoms with Crippen molar-refractivity contribution in [2.75, 3.05) is 17.7 Å². The zero-order valence-electron chi connectivity index (χ0n) is 17.5. The molecule has 4 atom stereocenters. The van der Waals surface area contributed by atoms with E-state index in [1.807, 2.05) is 0 Å². The predicted octanol–water partition coefficient (Wildman–Crippen LogP) is 4.86. The number of anilines is 2. The maximum Gasteiger partial charge on any atom is 0.416 e. The van der Waals surface area contributed by atoms with Gasteiger partial charge in [-0.05, 0) is 54.7 Å². The maximum atomic E-state index is 14.2. The van der Waals surface area contributed by atoms with E-state index in [4.69, 9.17) is 0 Å². The van der Waals surface area contributed by atoms with Crippen LogP contribution in [0.25, 0.3) is 0 Å². The molecule has 0 heterocycles. The van der Waals surface area contributed by atoms with E-state index in [0.29, 0.717) is 11.6 Å². The fourth-order valence-electron chi connectivity index (χ4n) is 4.26. The van der Waals surface area contributed by atoms with Crippen molar-refractivity contribution in [3.05, 3.63) is 59.4 Å². The molecule has 1 fully saturated rings. The smallest absolute Gasteiger partial charge is 0.416 e. The predicted molar refractivity (Wildman–Crippen MR) is 112 cm³/mol. The molecule has 2 aromatic carbocycles. The number of amides is 1. The van der Waals surface area contributed by atoms with Crippen LogP contribution in [0.2, 0.25) is 0 Å². The van der Waals surface area contributed by atoms with Gasteiger partial charge >= 0.3 is 12.1 Å². The third kappa shape index (κ3) is 5.25. The zero-order chi connectivity index (χ0) is 24.3. The summed E-state index contributed by atoms with van der Waals surface area (Å²) >= 11 is 0. The average Bonchev–Trinajstić information content (AvgIpc) is 2.78. The number of aliphatic carboxylic acids is 1. The highest BCUT2D eigenvalue weighted by atomic mass is 19.4. The lowest BCUT2D eigenvalue weighted by Crippen LogP contribution is -2.42. The van der Waals surface area contributed by atoms with E-state index in [1.165, 1.54) is 0 Å². The monoisotopic (exact) mass is 463 g/mol. The summed E-state index contributed by atoms with van der Waals surface area (Å²) in [6.07, 6.45) is -4.59. The van der Waals surface area contributed by atoms with Crippen LogP contribution in [0.1, 0.15) is 29.9 Å². The molecule has 0 unspecified atom stereocenters. The van der Waals surface area contributed by atoms with Crippen molar-refractivity contribution in [1.82, 2.24) is 0 Å². The van der Waals surface area contributed by atoms with Gasteiger partial charge in [-0.25, -0.2) is 4.39 Å². The lowest BCUT2D eigenvalue weighted by Gasteiger charge is -2.37. The Kier molecular flexibility index (Phi) is 6.91. The first-order valence-corrected chi connectivity index (χ1v) is 10.1. The van der Waals surface area contributed by atoms with Crippen molar-refractivity contribution in [3.63, 3.8) is 0 Å². The van der Waals surface area contributed by atoms with E-state index >= 15 is 0 Å². The molecule has 1 aliphatic rings. The molecular weight excluding hydrogens is 442 g/mol. The van der Waals surface area contributed by atoms with Gasteiger partial charge in [0.05, 0.1) is 29.2 Å². The number of hydrogen-bond acceptors (Lipinski definition) is 4. The number of nitrogens with zero attached hydrogens (tertiary/aromatic N) is 1. The number of carbonyl (C=O) groups is 2. The Morgan fingerprint density at radius 3 is 2.30 bits per heavy atom. The van der Waals surface area contributed by atoms with Crippen LogP contribution in [-0.2, 0) is 15.8 Å². The molecule has 3 N–H and O–H groups in total. The normalized spacial score (nSPS) is 22.8. The van der Waals surface area contributed by atoms with Crippen LogP contribution in [0.4, 0.5) is 28.9 Å². The highest BCUT2D eigenvalue weighted by Gasteiger charge is 2.46. The molecule has 0 radical (unpaired) electrons. The maximum absolute atomic E-state index is 14.2. The number of benzene rings is 2. The number of nitriles is 1. The fraction of sp³-hybridized carbons (Fsp3) is 0.348. The van der Waals surface area contributed by atoms with Crippen LogP contribution >= 0.6 is 0 Å². The second-order valence-corrected chi connectivity index (χ2v) is 7.93. The topological polar surface area (TPSA) is 102 Å². The summed E-state index contributed by atoms with van der Waals surface area (Å²) in [4.78, 5) is 25.1. The highest BCUT2D eigenvalue weighted by Crippen LogP contribution is 2.45. The van der Waals surface area contributed by atoms with Gasteiger partial charge in [0.1, 0.15) is 5.82 Å². The van der Waals surface area contributed by atoms with Crippen LogP contribution in [0, 0.1) is 34.9 Å². The Morgan fingerprint density at radius 1 is 1.12 bits per heavy atom. The number of carboxylic acids is 1. The number of rotatable bonds is 5. The van der Waals surface area contributed by atoms with Gasteiger partial charge in [-0.1, -0.05) is 12.1 Å². The van der Waals surface area contributed by atoms with E-state index in [-0.39, 0.29) is 18.9 Å². The Balaban J connectivity index is 1.91. The van der Waals surface area contributed by atoms with Crippen LogP contribution in [-0.4, -0.2) is 24.0 Å². The molecular formula is C23H21F4N3O3. The number of hydrogen-bond donors (Lipinski definition) is 3. The Labute approximate surface area is 187 Å². The third-order valence-electron chi connectivity index (χ3n) is 5.93. The molecule has 0 spiro atoms. The van der Waals surface area contributed by atoms with E-state index in [1.54, 1.807) is 31.3 Å². The molecule has 174 valence electrons. The standard InChI is InChI=1S/C23H21F4N3O3/c1-29-15-5-2-13(3-6-15)16-8-12(11-28)9-17(20(16)22(32)33)21(31)30-19-7-4-14(10-18(19)24)23(25,26)27/h2-7,10,12,16-17,20,29H,8-9H2,1H3,(H,30,31)(H,32,33)/t12-,16-,17-,20-/m1/s1. The largest absolute Gasteiger partial charge is 0.481 e. The quantitative estimate of drug-likeness (QED) is 0.550. The Bertz CT molecular complexity index is 1080. The lowest BCUT2D eigenvalue weighted by atomic mass is 9.65. The highest BCUT2D eigenvalue weighted by molar-refractivity contribution is 5.95. The Hall–Kier alpha value is -3.61. The first-order chi connectivity index (χ1) is 15.5. The number of carboxylic acid groups (broad SMARTS) is 1. The number of halogens is 4. The second-order valence-electron chi connectivity index (χ2n) is 7.93. The second kappa shape index (κ2) is 9.48. The van der Waals surface area contributed by atoms with Crippen molar-refractivity contribution in [2.24, 2.45) is 17.8 Å². The molecule has 0 aromatic heterocycles. The van der Waals surface area contributed by atoms with Crippen LogP contribution in [0.15, 0.2) is 42.5 Å². The molecule has 1 saturated carbocycles. The summed E-state index contributed by atoms with van der Waals surface area (Å²) in [6, 6.07) is 10.7. The van der Waals surface area contributed by atoms with Crippen molar-refractivity contribution in [1.29, 1.82) is 5.26 Å². The van der Waals surface area contributed by atoms with Gasteiger partial charge in [0, 0.05) is 18.7 Å². The first-order valence-electron chi connectivity index (χ1n) is 10.1. The molecule has 2 aromatic rings. The minimum Gasteiger partial charge on any atom is -0.481 e. The SMILES string of the molecule is CNc1ccc([C@H]2C[C@@H](C#N)C[C@@H](C(=O)Nc3ccc(C(F)(F)F)cc3F)[C@@H]2C(=O)O)cc1. The zero-order valence-corrected chi connectivity index (χ0v) is 17.5. The van der Waals surface area contributed by atoms with Crippen LogP contribution < -0.4 is 10.6 Å². The molecule has 1 amide bonds. The summed E-state index contributed by atoms with van der Waals surface area (Å²) < 4.78 is 52.5. The number of carbonyl (C=O) groups excluding carboxylic acids is 1. The van der Waals surface area contributed by atoms with Crippen LogP contribution in [0.3, 0.4) is 0 Å². The molecule has 33 heavy (non-hydrogen) atoms. The third-order valence-corrected chi connectivity index (χ3v) is 5.93. The summed E-state index contributed by atoms with van der Waals surface area (Å²) in [5, 5.41) is 24.6. The molecule has 0 aliphatic heterocycles. The molecule has 0 saturated heterocycles. The summed E-state index contributed by atoms with van der Waals surface area (Å²) in [5.74, 6) is -7.07. The molecule has 0 bridgehead atoms. The summed E-state index contributed by atoms with van der Waals surface area (Å²) in [7, 11) is 1.72. The van der Waals surface area contributed by atoms with Crippen molar-refractivity contribution >= 4 is 23.3 Å². The first kappa shape index (κ1) is 24.0. The summed E-state index contributed by atoms with van der Waals surface area (Å²) in [5.41, 5.74) is -0.273. The van der Waals surface area contributed by atoms with Crippen molar-refractivity contribution in [2.45, 2.75) is 24.9 Å². The van der Waals surface area contributed by atoms with Crippen molar-refractivity contribution < 1.29 is 32.3 Å². The van der Waals surface area contributed by atoms with Gasteiger partial charge < -0.3 is 15.7 Å². The molecule has 6 nitrogen and oxygen atoms in total. The van der Waals surface area contributed by atoms with Gasteiger partial charge in [0.2, 0.25) is 5.91 Å². The van der Waals surface area contributed by atoms with Gasteiger partial charge in [0.15, 0.2) is 0 Å².